The summed E-state index contributed by atoms with van der Waals surface area (Å²) in [6.07, 6.45) is 2.57. The van der Waals surface area contributed by atoms with Gasteiger partial charge in [0.15, 0.2) is 5.78 Å². The summed E-state index contributed by atoms with van der Waals surface area (Å²) in [5.74, 6) is 0.673. The van der Waals surface area contributed by atoms with Crippen molar-refractivity contribution in [2.24, 2.45) is 5.10 Å². The zero-order valence-corrected chi connectivity index (χ0v) is 14.8. The number of Topliss-reactive ketones (excluding diaryl/α,β-unsaturated/α-hetero) is 1. The maximum atomic E-state index is 11.4. The van der Waals surface area contributed by atoms with Crippen LogP contribution < -0.4 is 10.2 Å². The zero-order chi connectivity index (χ0) is 16.8. The first-order chi connectivity index (χ1) is 11.0. The number of benzene rings is 1. The van der Waals surface area contributed by atoms with E-state index < -0.39 is 0 Å². The third-order valence-electron chi connectivity index (χ3n) is 2.91. The lowest BCUT2D eigenvalue weighted by Gasteiger charge is -2.06. The summed E-state index contributed by atoms with van der Waals surface area (Å²) in [4.78, 5) is 16.3. The van der Waals surface area contributed by atoms with Gasteiger partial charge in [-0.3, -0.25) is 10.2 Å². The van der Waals surface area contributed by atoms with Crippen LogP contribution in [0.2, 0.25) is 5.02 Å². The largest absolute Gasteiger partial charge is 0.492 e. The third-order valence-corrected chi connectivity index (χ3v) is 4.37. The second-order valence-electron chi connectivity index (χ2n) is 4.90. The molecule has 0 aliphatic carbocycles. The number of hydrogen-bond donors (Lipinski definition) is 1. The molecule has 0 saturated carbocycles. The molecule has 0 aliphatic rings. The minimum Gasteiger partial charge on any atom is -0.492 e. The van der Waals surface area contributed by atoms with Crippen molar-refractivity contribution in [3.05, 3.63) is 39.4 Å². The summed E-state index contributed by atoms with van der Waals surface area (Å²) in [7, 11) is 0. The van der Waals surface area contributed by atoms with Gasteiger partial charge in [-0.1, -0.05) is 29.9 Å². The van der Waals surface area contributed by atoms with Gasteiger partial charge in [0.2, 0.25) is 5.13 Å². The van der Waals surface area contributed by atoms with Crippen LogP contribution in [0.25, 0.3) is 0 Å². The van der Waals surface area contributed by atoms with Gasteiger partial charge in [0.1, 0.15) is 5.75 Å². The molecule has 1 aromatic heterocycles. The number of anilines is 1. The summed E-state index contributed by atoms with van der Waals surface area (Å²) in [6.45, 7) is 6.00. The van der Waals surface area contributed by atoms with Gasteiger partial charge < -0.3 is 4.74 Å². The van der Waals surface area contributed by atoms with Crippen LogP contribution in [0.4, 0.5) is 5.13 Å². The Hall–Kier alpha value is -1.92. The van der Waals surface area contributed by atoms with Crippen LogP contribution in [-0.4, -0.2) is 23.6 Å². The molecule has 2 rings (SSSR count). The quantitative estimate of drug-likeness (QED) is 0.452. The molecule has 0 bridgehead atoms. The van der Waals surface area contributed by atoms with E-state index in [0.717, 1.165) is 12.0 Å². The van der Waals surface area contributed by atoms with Crippen LogP contribution in [0.3, 0.4) is 0 Å². The molecule has 0 aliphatic heterocycles. The Morgan fingerprint density at radius 1 is 1.52 bits per heavy atom. The molecule has 122 valence electrons. The van der Waals surface area contributed by atoms with E-state index in [1.54, 1.807) is 19.2 Å². The third kappa shape index (κ3) is 4.77. The van der Waals surface area contributed by atoms with Gasteiger partial charge in [-0.05, 0) is 37.1 Å². The second kappa shape index (κ2) is 8.08. The van der Waals surface area contributed by atoms with Crippen LogP contribution in [0, 0.1) is 6.92 Å². The Bertz CT molecular complexity index is 728. The van der Waals surface area contributed by atoms with E-state index in [2.05, 4.69) is 15.5 Å². The number of nitrogens with zero attached hydrogens (tertiary/aromatic N) is 2. The van der Waals surface area contributed by atoms with Crippen molar-refractivity contribution in [1.29, 1.82) is 0 Å². The Morgan fingerprint density at radius 2 is 2.30 bits per heavy atom. The van der Waals surface area contributed by atoms with E-state index >= 15 is 0 Å². The number of ketones is 1. The van der Waals surface area contributed by atoms with E-state index in [4.69, 9.17) is 16.3 Å². The van der Waals surface area contributed by atoms with Crippen molar-refractivity contribution in [2.45, 2.75) is 27.2 Å². The van der Waals surface area contributed by atoms with Gasteiger partial charge in [0.25, 0.3) is 0 Å². The summed E-state index contributed by atoms with van der Waals surface area (Å²) in [5.41, 5.74) is 4.38. The van der Waals surface area contributed by atoms with Gasteiger partial charge in [0.05, 0.1) is 28.4 Å². The molecule has 0 amide bonds. The maximum absolute atomic E-state index is 11.4. The fourth-order valence-electron chi connectivity index (χ4n) is 1.86. The molecule has 5 nitrogen and oxygen atoms in total. The molecule has 2 aromatic rings. The summed E-state index contributed by atoms with van der Waals surface area (Å²) in [5, 5.41) is 5.25. The highest BCUT2D eigenvalue weighted by atomic mass is 35.5. The molecule has 0 unspecified atom stereocenters. The molecule has 7 heteroatoms. The first kappa shape index (κ1) is 17.4. The monoisotopic (exact) mass is 351 g/mol. The lowest BCUT2D eigenvalue weighted by Crippen LogP contribution is -1.96. The number of aryl methyl sites for hydroxylation is 1. The SMILES string of the molecule is CCCOc1ccc(/C=N\Nc2nc(C)c(C(C)=O)s2)cc1Cl. The summed E-state index contributed by atoms with van der Waals surface area (Å²) in [6, 6.07) is 5.47. The number of carbonyl (C=O) groups excluding carboxylic acids is 1. The second-order valence-corrected chi connectivity index (χ2v) is 6.30. The molecule has 23 heavy (non-hydrogen) atoms. The molecular weight excluding hydrogens is 334 g/mol. The van der Waals surface area contributed by atoms with Gasteiger partial charge >= 0.3 is 0 Å². The van der Waals surface area contributed by atoms with Crippen molar-refractivity contribution in [3.8, 4) is 5.75 Å². The smallest absolute Gasteiger partial charge is 0.204 e. The Labute approximate surface area is 144 Å². The molecule has 0 spiro atoms. The molecule has 0 saturated heterocycles. The van der Waals surface area contributed by atoms with Crippen LogP contribution in [0.15, 0.2) is 23.3 Å². The molecule has 1 aromatic carbocycles. The van der Waals surface area contributed by atoms with E-state index in [-0.39, 0.29) is 5.78 Å². The number of thiazole rings is 1. The van der Waals surface area contributed by atoms with Crippen molar-refractivity contribution >= 4 is 40.1 Å². The normalized spacial score (nSPS) is 11.0. The summed E-state index contributed by atoms with van der Waals surface area (Å²) >= 11 is 7.45. The Balaban J connectivity index is 2.01. The number of nitrogens with one attached hydrogen (secondary N) is 1. The van der Waals surface area contributed by atoms with Gasteiger partial charge in [0, 0.05) is 6.92 Å². The highest BCUT2D eigenvalue weighted by Crippen LogP contribution is 2.25. The Kier molecular flexibility index (Phi) is 6.12. The number of halogens is 1. The molecule has 0 fully saturated rings. The molecule has 0 atom stereocenters. The number of rotatable bonds is 7. The van der Waals surface area contributed by atoms with Crippen LogP contribution in [0.1, 0.15) is 41.2 Å². The van der Waals surface area contributed by atoms with Crippen molar-refractivity contribution < 1.29 is 9.53 Å². The number of aromatic nitrogens is 1. The van der Waals surface area contributed by atoms with Gasteiger partial charge in [-0.25, -0.2) is 4.98 Å². The lowest BCUT2D eigenvalue weighted by atomic mass is 10.2. The molecule has 1 N–H and O–H groups in total. The minimum absolute atomic E-state index is 0.00600. The number of ether oxygens (including phenoxy) is 1. The number of hydrazone groups is 1. The van der Waals surface area contributed by atoms with Crippen LogP contribution in [0.5, 0.6) is 5.75 Å². The first-order valence-corrected chi connectivity index (χ1v) is 8.40. The summed E-state index contributed by atoms with van der Waals surface area (Å²) < 4.78 is 5.52. The predicted molar refractivity (Wildman–Crippen MR) is 95.3 cm³/mol. The average Bonchev–Trinajstić information content (AvgIpc) is 2.87. The van der Waals surface area contributed by atoms with Crippen molar-refractivity contribution in [1.82, 2.24) is 4.98 Å². The van der Waals surface area contributed by atoms with Crippen LogP contribution in [-0.2, 0) is 0 Å². The van der Waals surface area contributed by atoms with E-state index in [1.807, 2.05) is 19.1 Å². The molecule has 1 heterocycles. The van der Waals surface area contributed by atoms with E-state index in [9.17, 15) is 4.79 Å². The van der Waals surface area contributed by atoms with Crippen LogP contribution >= 0.6 is 22.9 Å². The fourth-order valence-corrected chi connectivity index (χ4v) is 2.91. The van der Waals surface area contributed by atoms with Crippen molar-refractivity contribution in [2.75, 3.05) is 12.0 Å². The molecular formula is C16H18ClN3O2S. The Morgan fingerprint density at radius 3 is 2.91 bits per heavy atom. The molecule has 0 radical (unpaired) electrons. The average molecular weight is 352 g/mol. The predicted octanol–water partition coefficient (Wildman–Crippen LogP) is 4.54. The van der Waals surface area contributed by atoms with Crippen molar-refractivity contribution in [3.63, 3.8) is 0 Å². The fraction of sp³-hybridized carbons (Fsp3) is 0.312. The van der Waals surface area contributed by atoms with Gasteiger partial charge in [-0.2, -0.15) is 5.10 Å². The van der Waals surface area contributed by atoms with E-state index in [1.165, 1.54) is 18.3 Å². The highest BCUT2D eigenvalue weighted by molar-refractivity contribution is 7.17. The zero-order valence-electron chi connectivity index (χ0n) is 13.2. The standard InChI is InChI=1S/C16H18ClN3O2S/c1-4-7-22-14-6-5-12(8-13(14)17)9-18-20-16-19-10(2)15(23-16)11(3)21/h5-6,8-9H,4,7H2,1-3H3,(H,19,20)/b18-9-. The first-order valence-electron chi connectivity index (χ1n) is 7.21. The number of hydrogen-bond acceptors (Lipinski definition) is 6. The topological polar surface area (TPSA) is 63.6 Å². The maximum Gasteiger partial charge on any atom is 0.204 e. The minimum atomic E-state index is 0.00600. The number of carbonyl (C=O) groups is 1. The van der Waals surface area contributed by atoms with E-state index in [0.29, 0.717) is 33.1 Å². The lowest BCUT2D eigenvalue weighted by molar-refractivity contribution is 0.102. The highest BCUT2D eigenvalue weighted by Gasteiger charge is 2.10. The van der Waals surface area contributed by atoms with Gasteiger partial charge in [-0.15, -0.1) is 0 Å².